The summed E-state index contributed by atoms with van der Waals surface area (Å²) in [6, 6.07) is 14.0. The fraction of sp³-hybridized carbons (Fsp3) is 0.261. The van der Waals surface area contributed by atoms with Crippen LogP contribution in [0.3, 0.4) is 0 Å². The van der Waals surface area contributed by atoms with Crippen molar-refractivity contribution >= 4 is 28.8 Å². The number of nitrogens with zero attached hydrogens (tertiary/aromatic N) is 2. The van der Waals surface area contributed by atoms with E-state index in [1.165, 1.54) is 17.0 Å². The van der Waals surface area contributed by atoms with Crippen LogP contribution in [0.2, 0.25) is 0 Å². The van der Waals surface area contributed by atoms with E-state index in [1.54, 1.807) is 23.5 Å². The van der Waals surface area contributed by atoms with Crippen LogP contribution >= 0.6 is 11.3 Å². The van der Waals surface area contributed by atoms with E-state index in [2.05, 4.69) is 23.3 Å². The van der Waals surface area contributed by atoms with Crippen molar-refractivity contribution in [3.05, 3.63) is 70.5 Å². The highest BCUT2D eigenvalue weighted by Gasteiger charge is 2.35. The van der Waals surface area contributed by atoms with Crippen LogP contribution in [0.25, 0.3) is 10.6 Å². The Kier molecular flexibility index (Phi) is 5.63. The van der Waals surface area contributed by atoms with Gasteiger partial charge >= 0.3 is 0 Å². The van der Waals surface area contributed by atoms with Crippen molar-refractivity contribution in [1.29, 1.82) is 0 Å². The minimum Gasteiger partial charge on any atom is -0.351 e. The molecule has 1 aliphatic heterocycles. The lowest BCUT2D eigenvalue weighted by atomic mass is 10.1. The molecule has 1 fully saturated rings. The van der Waals surface area contributed by atoms with E-state index in [9.17, 15) is 14.0 Å². The third-order valence-corrected chi connectivity index (χ3v) is 6.50. The summed E-state index contributed by atoms with van der Waals surface area (Å²) in [5, 5.41) is 3.88. The number of rotatable bonds is 5. The van der Waals surface area contributed by atoms with Crippen LogP contribution in [0.5, 0.6) is 0 Å². The fourth-order valence-corrected chi connectivity index (χ4v) is 4.70. The molecule has 1 atom stereocenters. The Morgan fingerprint density at radius 1 is 1.23 bits per heavy atom. The van der Waals surface area contributed by atoms with Crippen LogP contribution in [0.1, 0.15) is 22.6 Å². The number of carbonyl (C=O) groups excluding carboxylic acids is 2. The molecule has 1 saturated heterocycles. The van der Waals surface area contributed by atoms with Crippen molar-refractivity contribution in [3.63, 3.8) is 0 Å². The molecule has 1 N–H and O–H groups in total. The monoisotopic (exact) mass is 423 g/mol. The first kappa shape index (κ1) is 20.2. The summed E-state index contributed by atoms with van der Waals surface area (Å²) in [7, 11) is 0. The van der Waals surface area contributed by atoms with Gasteiger partial charge in [0.25, 0.3) is 0 Å². The van der Waals surface area contributed by atoms with Gasteiger partial charge < -0.3 is 10.2 Å². The van der Waals surface area contributed by atoms with Crippen molar-refractivity contribution in [3.8, 4) is 10.6 Å². The zero-order chi connectivity index (χ0) is 21.3. The molecule has 1 unspecified atom stereocenters. The van der Waals surface area contributed by atoms with Gasteiger partial charge in [-0.25, -0.2) is 9.37 Å². The molecule has 4 rings (SSSR count). The molecule has 154 valence electrons. The summed E-state index contributed by atoms with van der Waals surface area (Å²) >= 11 is 1.57. The molecule has 0 radical (unpaired) electrons. The predicted molar refractivity (Wildman–Crippen MR) is 116 cm³/mol. The van der Waals surface area contributed by atoms with Gasteiger partial charge in [0.15, 0.2) is 0 Å². The Morgan fingerprint density at radius 2 is 2.03 bits per heavy atom. The average Bonchev–Trinajstić information content (AvgIpc) is 3.29. The Balaban J connectivity index is 1.41. The topological polar surface area (TPSA) is 62.3 Å². The quantitative estimate of drug-likeness (QED) is 0.668. The van der Waals surface area contributed by atoms with Gasteiger partial charge in [0.05, 0.1) is 18.2 Å². The summed E-state index contributed by atoms with van der Waals surface area (Å²) in [4.78, 5) is 32.1. The first-order valence-electron chi connectivity index (χ1n) is 9.78. The number of carbonyl (C=O) groups is 2. The first-order valence-corrected chi connectivity index (χ1v) is 10.6. The fourth-order valence-electron chi connectivity index (χ4n) is 3.61. The molecule has 30 heavy (non-hydrogen) atoms. The highest BCUT2D eigenvalue weighted by atomic mass is 32.1. The molecule has 7 heteroatoms. The van der Waals surface area contributed by atoms with E-state index in [4.69, 9.17) is 0 Å². The number of hydrogen-bond acceptors (Lipinski definition) is 4. The van der Waals surface area contributed by atoms with Crippen LogP contribution < -0.4 is 10.2 Å². The number of anilines is 1. The van der Waals surface area contributed by atoms with Crippen molar-refractivity contribution in [2.24, 2.45) is 5.92 Å². The predicted octanol–water partition coefficient (Wildman–Crippen LogP) is 4.24. The molecule has 0 saturated carbocycles. The molecule has 2 amide bonds. The molecule has 3 aromatic rings. The summed E-state index contributed by atoms with van der Waals surface area (Å²) in [5.74, 6) is -1.20. The summed E-state index contributed by atoms with van der Waals surface area (Å²) in [6.45, 7) is 4.61. The number of aromatic nitrogens is 1. The third-order valence-electron chi connectivity index (χ3n) is 5.31. The third kappa shape index (κ3) is 4.11. The van der Waals surface area contributed by atoms with Crippen molar-refractivity contribution in [2.45, 2.75) is 26.8 Å². The lowest BCUT2D eigenvalue weighted by Gasteiger charge is -2.16. The Bertz CT molecular complexity index is 1110. The van der Waals surface area contributed by atoms with Crippen LogP contribution in [-0.2, 0) is 16.1 Å². The Morgan fingerprint density at radius 3 is 2.80 bits per heavy atom. The van der Waals surface area contributed by atoms with E-state index in [-0.39, 0.29) is 24.8 Å². The summed E-state index contributed by atoms with van der Waals surface area (Å²) in [6.07, 6.45) is 0.123. The first-order chi connectivity index (χ1) is 14.4. The second-order valence-corrected chi connectivity index (χ2v) is 8.53. The number of aryl methyl sites for hydroxylation is 2. The highest BCUT2D eigenvalue weighted by molar-refractivity contribution is 7.15. The van der Waals surface area contributed by atoms with Gasteiger partial charge in [0.2, 0.25) is 11.8 Å². The largest absolute Gasteiger partial charge is 0.351 e. The molecule has 2 heterocycles. The van der Waals surface area contributed by atoms with Crippen molar-refractivity contribution in [2.75, 3.05) is 11.4 Å². The smallest absolute Gasteiger partial charge is 0.227 e. The molecular weight excluding hydrogens is 401 g/mol. The molecule has 0 bridgehead atoms. The van der Waals surface area contributed by atoms with Crippen LogP contribution in [-0.4, -0.2) is 23.3 Å². The number of thiazole rings is 1. The lowest BCUT2D eigenvalue weighted by molar-refractivity contribution is -0.126. The number of amides is 2. The normalized spacial score (nSPS) is 16.2. The molecule has 2 aromatic carbocycles. The van der Waals surface area contributed by atoms with Gasteiger partial charge in [-0.05, 0) is 37.6 Å². The molecular formula is C23H22FN3O2S. The summed E-state index contributed by atoms with van der Waals surface area (Å²) in [5.41, 5.74) is 3.62. The van der Waals surface area contributed by atoms with Crippen LogP contribution in [0, 0.1) is 25.6 Å². The second kappa shape index (κ2) is 8.36. The Labute approximate surface area is 178 Å². The SMILES string of the molecule is Cc1ccccc1-c1nc(C)c(CNC(=O)C2CC(=O)N(c3cccc(F)c3)C2)s1. The Hall–Kier alpha value is -3.06. The molecule has 5 nitrogen and oxygen atoms in total. The highest BCUT2D eigenvalue weighted by Crippen LogP contribution is 2.30. The van der Waals surface area contributed by atoms with Gasteiger partial charge in [-0.15, -0.1) is 11.3 Å². The van der Waals surface area contributed by atoms with Gasteiger partial charge in [-0.3, -0.25) is 9.59 Å². The van der Waals surface area contributed by atoms with E-state index in [0.29, 0.717) is 12.2 Å². The minimum absolute atomic E-state index is 0.123. The standard InChI is InChI=1S/C23H22FN3O2S/c1-14-6-3-4-9-19(14)23-26-15(2)20(30-23)12-25-22(29)16-10-21(28)27(13-16)18-8-5-7-17(24)11-18/h3-9,11,16H,10,12-13H2,1-2H3,(H,25,29). The van der Waals surface area contributed by atoms with Crippen molar-refractivity contribution < 1.29 is 14.0 Å². The van der Waals surface area contributed by atoms with Crippen LogP contribution in [0.4, 0.5) is 10.1 Å². The van der Waals surface area contributed by atoms with E-state index >= 15 is 0 Å². The number of nitrogens with one attached hydrogen (secondary N) is 1. The maximum atomic E-state index is 13.5. The van der Waals surface area contributed by atoms with Gasteiger partial charge in [0.1, 0.15) is 10.8 Å². The number of halogens is 1. The number of benzene rings is 2. The van der Waals surface area contributed by atoms with Gasteiger partial charge in [-0.1, -0.05) is 30.3 Å². The summed E-state index contributed by atoms with van der Waals surface area (Å²) < 4.78 is 13.5. The van der Waals surface area contributed by atoms with Gasteiger partial charge in [-0.2, -0.15) is 0 Å². The van der Waals surface area contributed by atoms with E-state index in [1.807, 2.05) is 25.1 Å². The lowest BCUT2D eigenvalue weighted by Crippen LogP contribution is -2.32. The van der Waals surface area contributed by atoms with E-state index < -0.39 is 11.7 Å². The maximum Gasteiger partial charge on any atom is 0.227 e. The van der Waals surface area contributed by atoms with Gasteiger partial charge in [0, 0.05) is 29.1 Å². The average molecular weight is 424 g/mol. The van der Waals surface area contributed by atoms with Crippen molar-refractivity contribution in [1.82, 2.24) is 10.3 Å². The second-order valence-electron chi connectivity index (χ2n) is 7.45. The molecule has 1 aromatic heterocycles. The van der Waals surface area contributed by atoms with E-state index in [0.717, 1.165) is 26.7 Å². The molecule has 0 spiro atoms. The number of hydrogen-bond donors (Lipinski definition) is 1. The zero-order valence-corrected chi connectivity index (χ0v) is 17.6. The molecule has 0 aliphatic carbocycles. The zero-order valence-electron chi connectivity index (χ0n) is 16.8. The minimum atomic E-state index is -0.454. The van der Waals surface area contributed by atoms with Crippen LogP contribution in [0.15, 0.2) is 48.5 Å². The maximum absolute atomic E-state index is 13.5. The molecule has 1 aliphatic rings.